The van der Waals surface area contributed by atoms with E-state index in [1.54, 1.807) is 18.2 Å². The molecule has 5 heteroatoms. The Hall–Kier alpha value is -2.07. The Morgan fingerprint density at radius 1 is 1.24 bits per heavy atom. The molecular formula is C16H16ClFN2O. The highest BCUT2D eigenvalue weighted by atomic mass is 35.5. The molecule has 3 nitrogen and oxygen atoms in total. The number of halogens is 2. The first-order valence-electron chi connectivity index (χ1n) is 6.67. The van der Waals surface area contributed by atoms with E-state index in [0.29, 0.717) is 23.7 Å². The van der Waals surface area contributed by atoms with Crippen molar-refractivity contribution in [1.82, 2.24) is 5.32 Å². The van der Waals surface area contributed by atoms with Crippen LogP contribution in [0.4, 0.5) is 10.1 Å². The SMILES string of the molecule is CCNc1c(F)cccc1C(=O)NCc1cccc(Cl)c1. The zero-order valence-corrected chi connectivity index (χ0v) is 12.4. The predicted octanol–water partition coefficient (Wildman–Crippen LogP) is 3.84. The van der Waals surface area contributed by atoms with Crippen molar-refractivity contribution in [2.45, 2.75) is 13.5 Å². The highest BCUT2D eigenvalue weighted by Crippen LogP contribution is 2.20. The third kappa shape index (κ3) is 3.95. The van der Waals surface area contributed by atoms with Gasteiger partial charge in [-0.05, 0) is 36.8 Å². The summed E-state index contributed by atoms with van der Waals surface area (Å²) >= 11 is 5.89. The Kier molecular flexibility index (Phi) is 5.17. The molecular weight excluding hydrogens is 291 g/mol. The lowest BCUT2D eigenvalue weighted by molar-refractivity contribution is 0.0951. The molecule has 0 saturated carbocycles. The molecule has 0 fully saturated rings. The van der Waals surface area contributed by atoms with E-state index < -0.39 is 5.82 Å². The van der Waals surface area contributed by atoms with Crippen molar-refractivity contribution >= 4 is 23.2 Å². The minimum Gasteiger partial charge on any atom is -0.382 e. The first-order valence-corrected chi connectivity index (χ1v) is 7.04. The van der Waals surface area contributed by atoms with Crippen LogP contribution in [0.15, 0.2) is 42.5 Å². The van der Waals surface area contributed by atoms with Gasteiger partial charge in [0.05, 0.1) is 11.3 Å². The number of carbonyl (C=O) groups is 1. The van der Waals surface area contributed by atoms with E-state index in [1.807, 2.05) is 19.1 Å². The van der Waals surface area contributed by atoms with Crippen LogP contribution in [0.5, 0.6) is 0 Å². The number of anilines is 1. The summed E-state index contributed by atoms with van der Waals surface area (Å²) in [7, 11) is 0. The quantitative estimate of drug-likeness (QED) is 0.881. The van der Waals surface area contributed by atoms with Crippen molar-refractivity contribution in [3.63, 3.8) is 0 Å². The Morgan fingerprint density at radius 3 is 2.71 bits per heavy atom. The minimum absolute atomic E-state index is 0.226. The summed E-state index contributed by atoms with van der Waals surface area (Å²) in [4.78, 5) is 12.2. The van der Waals surface area contributed by atoms with Crippen LogP contribution in [0.3, 0.4) is 0 Å². The van der Waals surface area contributed by atoms with E-state index in [0.717, 1.165) is 5.56 Å². The standard InChI is InChI=1S/C16H16ClFN2O/c1-2-19-15-13(7-4-8-14(15)18)16(21)20-10-11-5-3-6-12(17)9-11/h3-9,19H,2,10H2,1H3,(H,20,21). The predicted molar refractivity (Wildman–Crippen MR) is 83.2 cm³/mol. The van der Waals surface area contributed by atoms with Gasteiger partial charge >= 0.3 is 0 Å². The van der Waals surface area contributed by atoms with E-state index in [1.165, 1.54) is 12.1 Å². The summed E-state index contributed by atoms with van der Waals surface area (Å²) in [5.41, 5.74) is 1.40. The van der Waals surface area contributed by atoms with E-state index in [2.05, 4.69) is 10.6 Å². The van der Waals surface area contributed by atoms with Crippen molar-refractivity contribution in [1.29, 1.82) is 0 Å². The zero-order valence-electron chi connectivity index (χ0n) is 11.6. The Labute approximate surface area is 128 Å². The number of hydrogen-bond acceptors (Lipinski definition) is 2. The monoisotopic (exact) mass is 306 g/mol. The number of rotatable bonds is 5. The molecule has 21 heavy (non-hydrogen) atoms. The second-order valence-corrected chi connectivity index (χ2v) is 4.94. The topological polar surface area (TPSA) is 41.1 Å². The molecule has 2 N–H and O–H groups in total. The minimum atomic E-state index is -0.438. The van der Waals surface area contributed by atoms with Gasteiger partial charge in [-0.3, -0.25) is 4.79 Å². The van der Waals surface area contributed by atoms with Crippen molar-refractivity contribution in [3.05, 3.63) is 64.4 Å². The third-order valence-corrected chi connectivity index (χ3v) is 3.19. The summed E-state index contributed by atoms with van der Waals surface area (Å²) < 4.78 is 13.8. The molecule has 0 aliphatic carbocycles. The maximum Gasteiger partial charge on any atom is 0.253 e. The van der Waals surface area contributed by atoms with Gasteiger partial charge in [-0.25, -0.2) is 4.39 Å². The van der Waals surface area contributed by atoms with Gasteiger partial charge in [0, 0.05) is 18.1 Å². The number of hydrogen-bond donors (Lipinski definition) is 2. The van der Waals surface area contributed by atoms with E-state index >= 15 is 0 Å². The average Bonchev–Trinajstić information content (AvgIpc) is 2.47. The number of carbonyl (C=O) groups excluding carboxylic acids is 1. The first-order chi connectivity index (χ1) is 10.1. The number of amides is 1. The van der Waals surface area contributed by atoms with E-state index in [9.17, 15) is 9.18 Å². The van der Waals surface area contributed by atoms with Gasteiger partial charge in [0.25, 0.3) is 5.91 Å². The largest absolute Gasteiger partial charge is 0.382 e. The molecule has 0 spiro atoms. The molecule has 2 aromatic carbocycles. The fourth-order valence-electron chi connectivity index (χ4n) is 1.99. The molecule has 2 aromatic rings. The molecule has 1 amide bonds. The molecule has 0 unspecified atom stereocenters. The van der Waals surface area contributed by atoms with Crippen LogP contribution in [0, 0.1) is 5.82 Å². The smallest absolute Gasteiger partial charge is 0.253 e. The van der Waals surface area contributed by atoms with Crippen molar-refractivity contribution in [3.8, 4) is 0 Å². The van der Waals surface area contributed by atoms with Gasteiger partial charge in [0.1, 0.15) is 5.82 Å². The summed E-state index contributed by atoms with van der Waals surface area (Å²) in [6, 6.07) is 11.7. The maximum atomic E-state index is 13.8. The molecule has 0 aliphatic heterocycles. The molecule has 0 bridgehead atoms. The van der Waals surface area contributed by atoms with E-state index in [-0.39, 0.29) is 11.6 Å². The number of para-hydroxylation sites is 1. The lowest BCUT2D eigenvalue weighted by atomic mass is 10.1. The highest BCUT2D eigenvalue weighted by Gasteiger charge is 2.14. The average molecular weight is 307 g/mol. The van der Waals surface area contributed by atoms with Crippen LogP contribution in [-0.4, -0.2) is 12.5 Å². The van der Waals surface area contributed by atoms with Crippen LogP contribution in [0.25, 0.3) is 0 Å². The highest BCUT2D eigenvalue weighted by molar-refractivity contribution is 6.30. The second kappa shape index (κ2) is 7.09. The van der Waals surface area contributed by atoms with Crippen molar-refractivity contribution in [2.24, 2.45) is 0 Å². The number of nitrogens with one attached hydrogen (secondary N) is 2. The van der Waals surface area contributed by atoms with Crippen molar-refractivity contribution < 1.29 is 9.18 Å². The normalized spacial score (nSPS) is 10.2. The molecule has 2 rings (SSSR count). The van der Waals surface area contributed by atoms with Gasteiger partial charge in [-0.1, -0.05) is 29.8 Å². The van der Waals surface area contributed by atoms with Crippen LogP contribution in [0.1, 0.15) is 22.8 Å². The lowest BCUT2D eigenvalue weighted by Gasteiger charge is -2.12. The lowest BCUT2D eigenvalue weighted by Crippen LogP contribution is -2.24. The summed E-state index contributed by atoms with van der Waals surface area (Å²) in [6.07, 6.45) is 0. The zero-order chi connectivity index (χ0) is 15.2. The Bertz CT molecular complexity index is 646. The molecule has 0 aromatic heterocycles. The molecule has 110 valence electrons. The summed E-state index contributed by atoms with van der Waals surface area (Å²) in [6.45, 7) is 2.72. The van der Waals surface area contributed by atoms with Gasteiger partial charge in [0.15, 0.2) is 0 Å². The van der Waals surface area contributed by atoms with Crippen LogP contribution >= 0.6 is 11.6 Å². The fraction of sp³-hybridized carbons (Fsp3) is 0.188. The third-order valence-electron chi connectivity index (χ3n) is 2.95. The summed E-state index contributed by atoms with van der Waals surface area (Å²) in [5, 5.41) is 6.25. The van der Waals surface area contributed by atoms with Gasteiger partial charge in [-0.2, -0.15) is 0 Å². The molecule has 0 saturated heterocycles. The Morgan fingerprint density at radius 2 is 2.00 bits per heavy atom. The maximum absolute atomic E-state index is 13.8. The van der Waals surface area contributed by atoms with Gasteiger partial charge < -0.3 is 10.6 Å². The molecule has 0 radical (unpaired) electrons. The molecule has 0 heterocycles. The van der Waals surface area contributed by atoms with Crippen LogP contribution in [0.2, 0.25) is 5.02 Å². The fourth-order valence-corrected chi connectivity index (χ4v) is 2.21. The van der Waals surface area contributed by atoms with Gasteiger partial charge in [-0.15, -0.1) is 0 Å². The van der Waals surface area contributed by atoms with Crippen molar-refractivity contribution in [2.75, 3.05) is 11.9 Å². The molecule has 0 aliphatic rings. The first kappa shape index (κ1) is 15.3. The second-order valence-electron chi connectivity index (χ2n) is 4.51. The van der Waals surface area contributed by atoms with Crippen LogP contribution < -0.4 is 10.6 Å². The molecule has 0 atom stereocenters. The van der Waals surface area contributed by atoms with E-state index in [4.69, 9.17) is 11.6 Å². The van der Waals surface area contributed by atoms with Crippen LogP contribution in [-0.2, 0) is 6.54 Å². The van der Waals surface area contributed by atoms with Gasteiger partial charge in [0.2, 0.25) is 0 Å². The Balaban J connectivity index is 2.12. The number of benzene rings is 2. The summed E-state index contributed by atoms with van der Waals surface area (Å²) in [5.74, 6) is -0.766.